The van der Waals surface area contributed by atoms with Gasteiger partial charge in [-0.2, -0.15) is 12.8 Å². The third-order valence-corrected chi connectivity index (χ3v) is 14.7. The Hall–Kier alpha value is -2.43. The van der Waals surface area contributed by atoms with Crippen molar-refractivity contribution >= 4 is 11.4 Å². The topological polar surface area (TPSA) is 25.3 Å². The van der Waals surface area contributed by atoms with Crippen molar-refractivity contribution in [3.05, 3.63) is 100 Å². The van der Waals surface area contributed by atoms with E-state index in [1.165, 1.54) is 227 Å². The molecule has 418 valence electrons. The van der Waals surface area contributed by atoms with Crippen LogP contribution in [0.25, 0.3) is 16.9 Å². The molecule has 2 aromatic carbocycles. The minimum Gasteiger partial charge on any atom is -0.493 e. The zero-order chi connectivity index (χ0) is 52.7. The van der Waals surface area contributed by atoms with Crippen LogP contribution in [0.3, 0.4) is 0 Å². The quantitative estimate of drug-likeness (QED) is 0.0209. The Morgan fingerprint density at radius 1 is 0.370 bits per heavy atom. The second-order valence-corrected chi connectivity index (χ2v) is 21.6. The van der Waals surface area contributed by atoms with Gasteiger partial charge in [0.25, 0.3) is 0 Å². The summed E-state index contributed by atoms with van der Waals surface area (Å²) in [5.41, 5.74) is 24.2. The molecule has 0 spiro atoms. The summed E-state index contributed by atoms with van der Waals surface area (Å²) in [6.07, 6.45) is 54.4. The minimum absolute atomic E-state index is 0. The van der Waals surface area contributed by atoms with Crippen LogP contribution >= 0.6 is 0 Å². The largest absolute Gasteiger partial charge is 2.00 e. The summed E-state index contributed by atoms with van der Waals surface area (Å²) in [6, 6.07) is 14.1. The molecular weight excluding hydrogens is 927 g/mol. The molecule has 3 rings (SSSR count). The van der Waals surface area contributed by atoms with Crippen molar-refractivity contribution in [2.45, 2.75) is 325 Å². The standard InChI is InChI=1S/C62H100N2.2C4H9.Ni/c1-7-13-17-18-19-20-21-22-23-24-25-26-27-28-29-30-31-32-33-34-35-36-37-38-39-40-41-42-46-60-59(45-16-10-4)61(57-49-53(11-5)47-55(51-57)43-14-8-2)64(63)62(60)58-50-54(12-6)48-56(52-58)44-15-9-3;2*1-3-4-2;/h47-52H,7-41,43-45H2,1-6H3;2*1,3-4H2,2H3;/q;2*-1;+2. The molecule has 0 radical (unpaired) electrons. The van der Waals surface area contributed by atoms with Gasteiger partial charge in [-0.15, -0.1) is 0 Å². The second kappa shape index (κ2) is 50.4. The maximum atomic E-state index is 12.4. The molecular formula is C70H118N2Ni. The minimum atomic E-state index is 0. The van der Waals surface area contributed by atoms with Gasteiger partial charge in [-0.25, -0.2) is 4.70 Å². The Kier molecular flexibility index (Phi) is 48.7. The van der Waals surface area contributed by atoms with Gasteiger partial charge in [0.05, 0.1) is 0 Å². The normalized spacial score (nSPS) is 12.1. The molecule has 2 nitrogen and oxygen atoms in total. The van der Waals surface area contributed by atoms with Gasteiger partial charge in [0.1, 0.15) is 5.57 Å². The number of hydrogen-bond acceptors (Lipinski definition) is 0. The fourth-order valence-corrected chi connectivity index (χ4v) is 9.84. The zero-order valence-corrected chi connectivity index (χ0v) is 50.8. The van der Waals surface area contributed by atoms with Crippen molar-refractivity contribution < 1.29 is 21.2 Å². The number of hydrogen-bond donors (Lipinski definition) is 0. The number of nitrogens with zero attached hydrogens (tertiary/aromatic N) is 2. The van der Waals surface area contributed by atoms with Crippen molar-refractivity contribution in [1.29, 1.82) is 0 Å². The Morgan fingerprint density at radius 3 is 1.00 bits per heavy atom. The first-order valence-electron chi connectivity index (χ1n) is 31.6. The van der Waals surface area contributed by atoms with Crippen LogP contribution in [0.2, 0.25) is 0 Å². The smallest absolute Gasteiger partial charge is 0.493 e. The summed E-state index contributed by atoms with van der Waals surface area (Å²) in [5.74, 6) is 7.39. The number of aryl methyl sites for hydroxylation is 4. The van der Waals surface area contributed by atoms with E-state index in [2.05, 4.69) is 117 Å². The van der Waals surface area contributed by atoms with E-state index >= 15 is 0 Å². The first kappa shape index (κ1) is 70.6. The van der Waals surface area contributed by atoms with Gasteiger partial charge in [0, 0.05) is 23.1 Å². The van der Waals surface area contributed by atoms with Crippen LogP contribution in [0, 0.1) is 25.7 Å². The van der Waals surface area contributed by atoms with Gasteiger partial charge in [0.2, 0.25) is 11.4 Å². The fourth-order valence-electron chi connectivity index (χ4n) is 9.84. The van der Waals surface area contributed by atoms with E-state index in [1.54, 1.807) is 4.70 Å². The van der Waals surface area contributed by atoms with Gasteiger partial charge in [0.15, 0.2) is 0 Å². The molecule has 0 saturated heterocycles. The van der Waals surface area contributed by atoms with Crippen LogP contribution < -0.4 is 0 Å². The molecule has 0 bridgehead atoms. The predicted octanol–water partition coefficient (Wildman–Crippen LogP) is 23.7. The molecule has 0 atom stereocenters. The predicted molar refractivity (Wildman–Crippen MR) is 324 cm³/mol. The third kappa shape index (κ3) is 33.4. The molecule has 0 aliphatic carbocycles. The maximum Gasteiger partial charge on any atom is 2.00 e. The van der Waals surface area contributed by atoms with E-state index in [0.717, 1.165) is 98.7 Å². The maximum absolute atomic E-state index is 12.4. The van der Waals surface area contributed by atoms with Crippen LogP contribution in [0.4, 0.5) is 0 Å². The van der Waals surface area contributed by atoms with Crippen molar-refractivity contribution in [3.8, 4) is 11.8 Å². The average Bonchev–Trinajstić information content (AvgIpc) is 3.69. The van der Waals surface area contributed by atoms with Crippen molar-refractivity contribution in [2.24, 2.45) is 0 Å². The van der Waals surface area contributed by atoms with Crippen molar-refractivity contribution in [3.63, 3.8) is 0 Å². The van der Waals surface area contributed by atoms with E-state index in [-0.39, 0.29) is 16.5 Å². The van der Waals surface area contributed by atoms with Crippen LogP contribution in [0.1, 0.15) is 333 Å². The molecule has 0 aromatic heterocycles. The van der Waals surface area contributed by atoms with E-state index in [1.807, 2.05) is 0 Å². The molecule has 2 aromatic rings. The number of unbranched alkanes of at least 4 members (excludes halogenated alkanes) is 31. The van der Waals surface area contributed by atoms with E-state index < -0.39 is 0 Å². The van der Waals surface area contributed by atoms with Crippen LogP contribution in [-0.4, -0.2) is 4.70 Å². The Bertz CT molecular complexity index is 1740. The SMILES string of the molecule is CCCCCCCCCCCCCCCCCCCCCCCCCCCCC#CC1=C(c2cc(CC)cc(CCCC)c2)[N+](=[N-])C(c2cc(CC)cc(CCCC)c2)=C1CCCC.[CH2-]CCC.[CH2-]CCC.[Ni+2]. The molecule has 0 N–H and O–H groups in total. The van der Waals surface area contributed by atoms with Crippen LogP contribution in [0.5, 0.6) is 0 Å². The molecule has 1 aliphatic heterocycles. The summed E-state index contributed by atoms with van der Waals surface area (Å²) in [7, 11) is 0. The third-order valence-electron chi connectivity index (χ3n) is 14.7. The van der Waals surface area contributed by atoms with Crippen molar-refractivity contribution in [2.75, 3.05) is 0 Å². The molecule has 73 heavy (non-hydrogen) atoms. The summed E-state index contributed by atoms with van der Waals surface area (Å²) in [5, 5.41) is 0. The summed E-state index contributed by atoms with van der Waals surface area (Å²) < 4.78 is 1.55. The van der Waals surface area contributed by atoms with E-state index in [9.17, 15) is 5.53 Å². The molecule has 0 amide bonds. The summed E-state index contributed by atoms with van der Waals surface area (Å²) in [6.45, 7) is 25.1. The molecule has 0 fully saturated rings. The number of allylic oxidation sites excluding steroid dienone is 2. The van der Waals surface area contributed by atoms with E-state index in [4.69, 9.17) is 0 Å². The average molecular weight is 1050 g/mol. The van der Waals surface area contributed by atoms with Gasteiger partial charge in [-0.1, -0.05) is 272 Å². The summed E-state index contributed by atoms with van der Waals surface area (Å²) >= 11 is 0. The summed E-state index contributed by atoms with van der Waals surface area (Å²) in [4.78, 5) is 0. The van der Waals surface area contributed by atoms with Gasteiger partial charge in [-0.05, 0) is 104 Å². The Morgan fingerprint density at radius 2 is 0.671 bits per heavy atom. The van der Waals surface area contributed by atoms with Gasteiger partial charge in [-0.3, -0.25) is 0 Å². The second-order valence-electron chi connectivity index (χ2n) is 21.6. The zero-order valence-electron chi connectivity index (χ0n) is 49.8. The van der Waals surface area contributed by atoms with Gasteiger partial charge < -0.3 is 19.4 Å². The van der Waals surface area contributed by atoms with Crippen molar-refractivity contribution in [1.82, 2.24) is 0 Å². The van der Waals surface area contributed by atoms with Crippen LogP contribution in [-0.2, 0) is 42.2 Å². The van der Waals surface area contributed by atoms with Crippen LogP contribution in [0.15, 0.2) is 47.5 Å². The molecule has 3 heteroatoms. The van der Waals surface area contributed by atoms with E-state index in [0.29, 0.717) is 0 Å². The number of benzene rings is 2. The molecule has 0 unspecified atom stereocenters. The first-order valence-corrected chi connectivity index (χ1v) is 31.6. The fraction of sp³-hybridized carbons (Fsp3) is 0.714. The number of rotatable bonds is 41. The Balaban J connectivity index is 0.00000534. The monoisotopic (exact) mass is 1040 g/mol. The Labute approximate surface area is 467 Å². The first-order chi connectivity index (χ1) is 35.3. The van der Waals surface area contributed by atoms with Gasteiger partial charge >= 0.3 is 16.5 Å². The molecule has 1 aliphatic rings. The molecule has 1 heterocycles. The molecule has 0 saturated carbocycles.